The Morgan fingerprint density at radius 2 is 1.68 bits per heavy atom. The number of hydrogen-bond donors (Lipinski definition) is 1. The van der Waals surface area contributed by atoms with Crippen LogP contribution in [0.15, 0.2) is 64.2 Å². The lowest BCUT2D eigenvalue weighted by Crippen LogP contribution is -2.21. The molecule has 0 aliphatic carbocycles. The zero-order valence-electron chi connectivity index (χ0n) is 12.1. The van der Waals surface area contributed by atoms with Gasteiger partial charge in [0.05, 0.1) is 5.69 Å². The quantitative estimate of drug-likeness (QED) is 0.651. The zero-order valence-corrected chi connectivity index (χ0v) is 12.9. The van der Waals surface area contributed by atoms with Gasteiger partial charge in [-0.15, -0.1) is 5.11 Å². The highest BCUT2D eigenvalue weighted by atomic mass is 32.2. The van der Waals surface area contributed by atoms with E-state index in [-0.39, 0.29) is 0 Å². The van der Waals surface area contributed by atoms with E-state index < -0.39 is 10.3 Å². The van der Waals surface area contributed by atoms with Crippen LogP contribution in [0, 0.1) is 0 Å². The second kappa shape index (κ2) is 7.15. The van der Waals surface area contributed by atoms with Crippen LogP contribution in [0.25, 0.3) is 0 Å². The fourth-order valence-corrected chi connectivity index (χ4v) is 2.27. The smallest absolute Gasteiger partial charge is 0.366 e. The summed E-state index contributed by atoms with van der Waals surface area (Å²) in [5.41, 5.74) is 2.27. The lowest BCUT2D eigenvalue weighted by atomic mass is 10.2. The Morgan fingerprint density at radius 1 is 1.05 bits per heavy atom. The molecular weight excluding hydrogens is 302 g/mol. The summed E-state index contributed by atoms with van der Waals surface area (Å²) in [5.74, 6) is 0. The van der Waals surface area contributed by atoms with Gasteiger partial charge in [-0.2, -0.15) is 8.42 Å². The van der Waals surface area contributed by atoms with Crippen molar-refractivity contribution in [3.63, 3.8) is 0 Å². The lowest BCUT2D eigenvalue weighted by molar-refractivity contribution is 0.482. The number of anilines is 1. The van der Waals surface area contributed by atoms with Crippen LogP contribution in [0.4, 0.5) is 11.4 Å². The first kappa shape index (κ1) is 16.1. The maximum absolute atomic E-state index is 10.7. The molecule has 0 bridgehead atoms. The Labute approximate surface area is 130 Å². The van der Waals surface area contributed by atoms with Gasteiger partial charge in [-0.1, -0.05) is 42.5 Å². The van der Waals surface area contributed by atoms with E-state index in [1.807, 2.05) is 54.3 Å². The maximum atomic E-state index is 10.7. The van der Waals surface area contributed by atoms with Crippen molar-refractivity contribution in [2.75, 3.05) is 11.4 Å². The summed E-state index contributed by atoms with van der Waals surface area (Å²) in [4.78, 5) is 2.05. The van der Waals surface area contributed by atoms with Gasteiger partial charge in [0.15, 0.2) is 0 Å². The first-order valence-corrected chi connectivity index (χ1v) is 8.17. The molecule has 0 heterocycles. The van der Waals surface area contributed by atoms with Gasteiger partial charge >= 0.3 is 10.3 Å². The third-order valence-corrected chi connectivity index (χ3v) is 3.36. The van der Waals surface area contributed by atoms with Gasteiger partial charge in [-0.3, -0.25) is 4.55 Å². The second-order valence-corrected chi connectivity index (χ2v) is 5.68. The zero-order chi connectivity index (χ0) is 16.0. The normalized spacial score (nSPS) is 11.7. The first-order chi connectivity index (χ1) is 10.5. The fourth-order valence-electron chi connectivity index (χ4n) is 2.08. The van der Waals surface area contributed by atoms with Crippen LogP contribution in [-0.4, -0.2) is 19.5 Å². The van der Waals surface area contributed by atoms with Crippen LogP contribution in [0.2, 0.25) is 0 Å². The van der Waals surface area contributed by atoms with E-state index in [9.17, 15) is 8.42 Å². The highest BCUT2D eigenvalue weighted by Crippen LogP contribution is 2.30. The summed E-state index contributed by atoms with van der Waals surface area (Å²) in [7, 11) is -4.49. The molecule has 0 saturated heterocycles. The number of hydrogen-bond acceptors (Lipinski definition) is 4. The highest BCUT2D eigenvalue weighted by Gasteiger charge is 2.10. The predicted octanol–water partition coefficient (Wildman–Crippen LogP) is 3.60. The Kier molecular flexibility index (Phi) is 5.24. The molecule has 0 atom stereocenters. The molecule has 0 aliphatic heterocycles. The van der Waals surface area contributed by atoms with Crippen molar-refractivity contribution in [1.82, 2.24) is 0 Å². The van der Waals surface area contributed by atoms with E-state index in [0.29, 0.717) is 18.8 Å². The first-order valence-electron chi connectivity index (χ1n) is 6.78. The minimum atomic E-state index is -4.49. The van der Waals surface area contributed by atoms with Gasteiger partial charge in [0.2, 0.25) is 0 Å². The molecule has 0 amide bonds. The molecule has 0 fully saturated rings. The Morgan fingerprint density at radius 3 is 2.32 bits per heavy atom. The average molecular weight is 319 g/mol. The SMILES string of the molecule is CCN(Cc1ccccc1)c1ccccc1N=NS(=O)(=O)O. The molecule has 0 radical (unpaired) electrons. The third-order valence-electron chi connectivity index (χ3n) is 3.07. The molecule has 0 spiro atoms. The van der Waals surface area contributed by atoms with Gasteiger partial charge < -0.3 is 4.90 Å². The average Bonchev–Trinajstić information content (AvgIpc) is 2.51. The number of rotatable bonds is 6. The van der Waals surface area contributed by atoms with Crippen LogP contribution in [0.5, 0.6) is 0 Å². The van der Waals surface area contributed by atoms with Gasteiger partial charge in [0, 0.05) is 13.1 Å². The lowest BCUT2D eigenvalue weighted by Gasteiger charge is -2.24. The summed E-state index contributed by atoms with van der Waals surface area (Å²) in [6.07, 6.45) is 0. The molecule has 22 heavy (non-hydrogen) atoms. The van der Waals surface area contributed by atoms with Gasteiger partial charge in [0.25, 0.3) is 0 Å². The number of nitrogens with zero attached hydrogens (tertiary/aromatic N) is 3. The molecule has 0 unspecified atom stereocenters. The molecule has 2 aromatic carbocycles. The minimum Gasteiger partial charge on any atom is -0.366 e. The molecule has 2 aromatic rings. The molecule has 0 saturated carbocycles. The van der Waals surface area contributed by atoms with E-state index in [4.69, 9.17) is 4.55 Å². The van der Waals surface area contributed by atoms with Crippen LogP contribution < -0.4 is 4.90 Å². The summed E-state index contributed by atoms with van der Waals surface area (Å²) >= 11 is 0. The Hall–Kier alpha value is -2.25. The standard InChI is InChI=1S/C15H17N3O3S/c1-2-18(12-13-8-4-3-5-9-13)15-11-7-6-10-14(15)16-17-22(19,20)21/h3-11H,2,12H2,1H3,(H,19,20,21). The van der Waals surface area contributed by atoms with Crippen molar-refractivity contribution in [2.24, 2.45) is 9.63 Å². The molecule has 0 aliphatic rings. The largest absolute Gasteiger partial charge is 0.396 e. The molecular formula is C15H17N3O3S. The topological polar surface area (TPSA) is 82.3 Å². The van der Waals surface area contributed by atoms with E-state index in [2.05, 4.69) is 9.63 Å². The monoisotopic (exact) mass is 319 g/mol. The van der Waals surface area contributed by atoms with Crippen molar-refractivity contribution in [3.05, 3.63) is 60.2 Å². The molecule has 2 rings (SSSR count). The van der Waals surface area contributed by atoms with E-state index in [0.717, 1.165) is 11.3 Å². The van der Waals surface area contributed by atoms with E-state index in [1.54, 1.807) is 12.1 Å². The van der Waals surface area contributed by atoms with Crippen molar-refractivity contribution >= 4 is 21.7 Å². The van der Waals surface area contributed by atoms with Gasteiger partial charge in [-0.05, 0) is 29.1 Å². The Bertz CT molecular complexity index is 746. The summed E-state index contributed by atoms with van der Waals surface area (Å²) in [6, 6.07) is 17.0. The van der Waals surface area contributed by atoms with Crippen molar-refractivity contribution < 1.29 is 13.0 Å². The van der Waals surface area contributed by atoms with E-state index in [1.165, 1.54) is 0 Å². The van der Waals surface area contributed by atoms with Gasteiger partial charge in [-0.25, -0.2) is 0 Å². The predicted molar refractivity (Wildman–Crippen MR) is 85.7 cm³/mol. The summed E-state index contributed by atoms with van der Waals surface area (Å²) in [6.45, 7) is 3.38. The van der Waals surface area contributed by atoms with Crippen molar-refractivity contribution in [1.29, 1.82) is 0 Å². The third kappa shape index (κ3) is 4.64. The number of para-hydroxylation sites is 1. The fraction of sp³-hybridized carbons (Fsp3) is 0.200. The maximum Gasteiger partial charge on any atom is 0.396 e. The molecule has 116 valence electrons. The van der Waals surface area contributed by atoms with Gasteiger partial charge in [0.1, 0.15) is 5.69 Å². The van der Waals surface area contributed by atoms with Crippen molar-refractivity contribution in [3.8, 4) is 0 Å². The van der Waals surface area contributed by atoms with Crippen LogP contribution in [0.1, 0.15) is 12.5 Å². The van der Waals surface area contributed by atoms with Crippen LogP contribution in [-0.2, 0) is 16.8 Å². The molecule has 7 heteroatoms. The summed E-state index contributed by atoms with van der Waals surface area (Å²) < 4.78 is 33.1. The molecule has 1 N–H and O–H groups in total. The van der Waals surface area contributed by atoms with E-state index >= 15 is 0 Å². The van der Waals surface area contributed by atoms with Crippen LogP contribution >= 0.6 is 0 Å². The second-order valence-electron chi connectivity index (χ2n) is 4.62. The van der Waals surface area contributed by atoms with Crippen molar-refractivity contribution in [2.45, 2.75) is 13.5 Å². The minimum absolute atomic E-state index is 0.387. The molecule has 6 nitrogen and oxygen atoms in total. The highest BCUT2D eigenvalue weighted by molar-refractivity contribution is 7.84. The number of benzene rings is 2. The Balaban J connectivity index is 2.31. The van der Waals surface area contributed by atoms with Crippen LogP contribution in [0.3, 0.4) is 0 Å². The molecule has 0 aromatic heterocycles. The summed E-state index contributed by atoms with van der Waals surface area (Å²) in [5, 5.41) is 3.63.